The fourth-order valence-electron chi connectivity index (χ4n) is 1.81. The maximum atomic E-state index is 11.6. The SMILES string of the molecule is C=CCNC(=O)C(=O)C(C)CC1CCC1. The van der Waals surface area contributed by atoms with Crippen LogP contribution in [0.25, 0.3) is 0 Å². The van der Waals surface area contributed by atoms with Crippen LogP contribution >= 0.6 is 0 Å². The average Bonchev–Trinajstić information content (AvgIpc) is 2.18. The second-order valence-corrected chi connectivity index (χ2v) is 4.30. The summed E-state index contributed by atoms with van der Waals surface area (Å²) in [6, 6.07) is 0. The second-order valence-electron chi connectivity index (χ2n) is 4.30. The van der Waals surface area contributed by atoms with Crippen LogP contribution in [-0.4, -0.2) is 18.2 Å². The number of Topliss-reactive ketones (excluding diaryl/α,β-unsaturated/α-hetero) is 1. The van der Waals surface area contributed by atoms with Crippen molar-refractivity contribution in [2.75, 3.05) is 6.54 Å². The van der Waals surface area contributed by atoms with E-state index in [9.17, 15) is 9.59 Å². The summed E-state index contributed by atoms with van der Waals surface area (Å²) < 4.78 is 0. The highest BCUT2D eigenvalue weighted by atomic mass is 16.2. The van der Waals surface area contributed by atoms with Crippen molar-refractivity contribution in [3.05, 3.63) is 12.7 Å². The topological polar surface area (TPSA) is 46.2 Å². The lowest BCUT2D eigenvalue weighted by Crippen LogP contribution is -2.35. The van der Waals surface area contributed by atoms with Gasteiger partial charge in [0.2, 0.25) is 5.78 Å². The summed E-state index contributed by atoms with van der Waals surface area (Å²) in [5.74, 6) is -0.234. The van der Waals surface area contributed by atoms with Crippen LogP contribution in [0.5, 0.6) is 0 Å². The third-order valence-electron chi connectivity index (χ3n) is 2.99. The van der Waals surface area contributed by atoms with Crippen LogP contribution in [0.3, 0.4) is 0 Å². The molecule has 0 bridgehead atoms. The molecule has 0 aromatic carbocycles. The van der Waals surface area contributed by atoms with Gasteiger partial charge < -0.3 is 5.32 Å². The number of rotatable bonds is 6. The molecule has 1 rings (SSSR count). The molecule has 1 aliphatic rings. The number of carbonyl (C=O) groups is 2. The Bertz CT molecular complexity index is 256. The normalized spacial score (nSPS) is 17.7. The Kier molecular flexibility index (Phi) is 4.53. The van der Waals surface area contributed by atoms with Gasteiger partial charge in [-0.3, -0.25) is 9.59 Å². The zero-order chi connectivity index (χ0) is 11.3. The molecule has 0 aromatic heterocycles. The predicted octanol–water partition coefficient (Wildman–Crippen LogP) is 1.68. The van der Waals surface area contributed by atoms with Gasteiger partial charge in [0.25, 0.3) is 5.91 Å². The molecule has 1 N–H and O–H groups in total. The summed E-state index contributed by atoms with van der Waals surface area (Å²) in [5, 5.41) is 2.52. The van der Waals surface area contributed by atoms with E-state index in [4.69, 9.17) is 0 Å². The first-order valence-electron chi connectivity index (χ1n) is 5.58. The molecular formula is C12H19NO2. The van der Waals surface area contributed by atoms with Gasteiger partial charge in [-0.2, -0.15) is 0 Å². The van der Waals surface area contributed by atoms with E-state index in [1.807, 2.05) is 6.92 Å². The van der Waals surface area contributed by atoms with Gasteiger partial charge in [0.1, 0.15) is 0 Å². The van der Waals surface area contributed by atoms with E-state index in [-0.39, 0.29) is 11.7 Å². The molecule has 1 amide bonds. The number of amides is 1. The van der Waals surface area contributed by atoms with E-state index in [0.29, 0.717) is 12.5 Å². The third kappa shape index (κ3) is 3.50. The Morgan fingerprint density at radius 3 is 2.67 bits per heavy atom. The lowest BCUT2D eigenvalue weighted by Gasteiger charge is -2.27. The number of hydrogen-bond acceptors (Lipinski definition) is 2. The molecule has 0 aromatic rings. The Balaban J connectivity index is 2.30. The Labute approximate surface area is 90.9 Å². The first-order valence-corrected chi connectivity index (χ1v) is 5.58. The molecule has 0 saturated heterocycles. The minimum absolute atomic E-state index is 0.139. The minimum atomic E-state index is -0.471. The highest BCUT2D eigenvalue weighted by molar-refractivity contribution is 6.36. The van der Waals surface area contributed by atoms with E-state index in [1.165, 1.54) is 19.3 Å². The van der Waals surface area contributed by atoms with Crippen LogP contribution in [0.1, 0.15) is 32.6 Å². The molecule has 0 spiro atoms. The number of nitrogens with one attached hydrogen (secondary N) is 1. The van der Waals surface area contributed by atoms with E-state index < -0.39 is 5.91 Å². The third-order valence-corrected chi connectivity index (χ3v) is 2.99. The van der Waals surface area contributed by atoms with E-state index in [2.05, 4.69) is 11.9 Å². The molecule has 3 nitrogen and oxygen atoms in total. The molecule has 1 unspecified atom stereocenters. The molecule has 15 heavy (non-hydrogen) atoms. The molecule has 0 aliphatic heterocycles. The summed E-state index contributed by atoms with van der Waals surface area (Å²) in [6.07, 6.45) is 6.13. The fraction of sp³-hybridized carbons (Fsp3) is 0.667. The molecule has 1 saturated carbocycles. The number of hydrogen-bond donors (Lipinski definition) is 1. The molecule has 0 heterocycles. The van der Waals surface area contributed by atoms with Crippen molar-refractivity contribution < 1.29 is 9.59 Å². The summed E-state index contributed by atoms with van der Waals surface area (Å²) >= 11 is 0. The second kappa shape index (κ2) is 5.69. The first-order chi connectivity index (χ1) is 7.15. The van der Waals surface area contributed by atoms with Crippen molar-refractivity contribution in [2.45, 2.75) is 32.6 Å². The summed E-state index contributed by atoms with van der Waals surface area (Å²) in [5.41, 5.74) is 0. The first kappa shape index (κ1) is 12.0. The molecule has 0 radical (unpaired) electrons. The van der Waals surface area contributed by atoms with Crippen molar-refractivity contribution in [2.24, 2.45) is 11.8 Å². The average molecular weight is 209 g/mol. The number of ketones is 1. The molecule has 1 atom stereocenters. The van der Waals surface area contributed by atoms with Gasteiger partial charge >= 0.3 is 0 Å². The Morgan fingerprint density at radius 2 is 2.20 bits per heavy atom. The Hall–Kier alpha value is -1.12. The summed E-state index contributed by atoms with van der Waals surface area (Å²) in [7, 11) is 0. The van der Waals surface area contributed by atoms with Crippen LogP contribution < -0.4 is 5.32 Å². The van der Waals surface area contributed by atoms with Crippen molar-refractivity contribution in [1.29, 1.82) is 0 Å². The molecule has 84 valence electrons. The van der Waals surface area contributed by atoms with Gasteiger partial charge in [0.05, 0.1) is 0 Å². The van der Waals surface area contributed by atoms with Gasteiger partial charge in [-0.05, 0) is 12.3 Å². The van der Waals surface area contributed by atoms with Crippen molar-refractivity contribution >= 4 is 11.7 Å². The Morgan fingerprint density at radius 1 is 1.53 bits per heavy atom. The molecule has 1 fully saturated rings. The van der Waals surface area contributed by atoms with Crippen molar-refractivity contribution in [3.8, 4) is 0 Å². The standard InChI is InChI=1S/C12H19NO2/c1-3-7-13-12(15)11(14)9(2)8-10-5-4-6-10/h3,9-10H,1,4-8H2,2H3,(H,13,15). The lowest BCUT2D eigenvalue weighted by molar-refractivity contribution is -0.140. The molecular weight excluding hydrogens is 190 g/mol. The molecule has 3 heteroatoms. The quantitative estimate of drug-likeness (QED) is 0.534. The van der Waals surface area contributed by atoms with Gasteiger partial charge in [0.15, 0.2) is 0 Å². The van der Waals surface area contributed by atoms with Crippen LogP contribution in [0.15, 0.2) is 12.7 Å². The smallest absolute Gasteiger partial charge is 0.287 e. The van der Waals surface area contributed by atoms with Crippen LogP contribution in [-0.2, 0) is 9.59 Å². The summed E-state index contributed by atoms with van der Waals surface area (Å²) in [4.78, 5) is 22.9. The van der Waals surface area contributed by atoms with Gasteiger partial charge in [-0.15, -0.1) is 6.58 Å². The zero-order valence-electron chi connectivity index (χ0n) is 9.29. The van der Waals surface area contributed by atoms with E-state index in [0.717, 1.165) is 6.42 Å². The predicted molar refractivity (Wildman–Crippen MR) is 59.3 cm³/mol. The fourth-order valence-corrected chi connectivity index (χ4v) is 1.81. The van der Waals surface area contributed by atoms with Crippen LogP contribution in [0.2, 0.25) is 0 Å². The zero-order valence-corrected chi connectivity index (χ0v) is 9.29. The van der Waals surface area contributed by atoms with E-state index >= 15 is 0 Å². The van der Waals surface area contributed by atoms with Crippen LogP contribution in [0.4, 0.5) is 0 Å². The van der Waals surface area contributed by atoms with Gasteiger partial charge in [-0.1, -0.05) is 32.3 Å². The summed E-state index contributed by atoms with van der Waals surface area (Å²) in [6.45, 7) is 5.68. The monoisotopic (exact) mass is 209 g/mol. The van der Waals surface area contributed by atoms with Gasteiger partial charge in [-0.25, -0.2) is 0 Å². The van der Waals surface area contributed by atoms with Crippen LogP contribution in [0, 0.1) is 11.8 Å². The highest BCUT2D eigenvalue weighted by Gasteiger charge is 2.26. The largest absolute Gasteiger partial charge is 0.346 e. The maximum absolute atomic E-state index is 11.6. The lowest BCUT2D eigenvalue weighted by atomic mass is 9.78. The van der Waals surface area contributed by atoms with Gasteiger partial charge in [0, 0.05) is 12.5 Å². The van der Waals surface area contributed by atoms with Crippen molar-refractivity contribution in [1.82, 2.24) is 5.32 Å². The molecule has 1 aliphatic carbocycles. The minimum Gasteiger partial charge on any atom is -0.346 e. The highest BCUT2D eigenvalue weighted by Crippen LogP contribution is 2.32. The van der Waals surface area contributed by atoms with Crippen molar-refractivity contribution in [3.63, 3.8) is 0 Å². The van der Waals surface area contributed by atoms with E-state index in [1.54, 1.807) is 6.08 Å². The maximum Gasteiger partial charge on any atom is 0.287 e. The number of carbonyl (C=O) groups excluding carboxylic acids is 2.